The Bertz CT molecular complexity index is 1450. The summed E-state index contributed by atoms with van der Waals surface area (Å²) in [6.07, 6.45) is 2.59. The van der Waals surface area contributed by atoms with E-state index in [9.17, 15) is 4.79 Å². The van der Waals surface area contributed by atoms with E-state index in [1.807, 2.05) is 52.1 Å². The molecule has 0 aliphatic carbocycles. The molecule has 1 aliphatic heterocycles. The number of carbonyl (C=O) groups is 1. The lowest BCUT2D eigenvalue weighted by atomic mass is 9.85. The first-order valence-corrected chi connectivity index (χ1v) is 12.7. The van der Waals surface area contributed by atoms with Crippen LogP contribution in [0.5, 0.6) is 5.75 Å². The number of carbonyl (C=O) groups excluding carboxylic acids is 1. The molecule has 0 saturated heterocycles. The highest BCUT2D eigenvalue weighted by atomic mass is 16.6. The highest BCUT2D eigenvalue weighted by molar-refractivity contribution is 6.08. The van der Waals surface area contributed by atoms with Crippen molar-refractivity contribution in [2.75, 3.05) is 13.2 Å². The zero-order valence-electron chi connectivity index (χ0n) is 21.7. The Balaban J connectivity index is 1.87. The fourth-order valence-electron chi connectivity index (χ4n) is 5.08. The Kier molecular flexibility index (Phi) is 6.44. The molecule has 5 heteroatoms. The van der Waals surface area contributed by atoms with Crippen LogP contribution in [0.3, 0.4) is 0 Å². The van der Waals surface area contributed by atoms with E-state index in [2.05, 4.69) is 37.3 Å². The molecular formula is C31H33NO4. The fraction of sp³-hybridized carbons (Fsp3) is 0.355. The summed E-state index contributed by atoms with van der Waals surface area (Å²) in [5, 5.41) is 3.19. The summed E-state index contributed by atoms with van der Waals surface area (Å²) in [4.78, 5) is 18.3. The third kappa shape index (κ3) is 4.22. The maximum Gasteiger partial charge on any atom is 0.339 e. The third-order valence-electron chi connectivity index (χ3n) is 7.19. The molecule has 3 aromatic carbocycles. The third-order valence-corrected chi connectivity index (χ3v) is 7.19. The lowest BCUT2D eigenvalue weighted by Crippen LogP contribution is -2.31. The number of ether oxygens (including phenoxy) is 3. The average molecular weight is 484 g/mol. The molecule has 5 rings (SSSR count). The zero-order valence-corrected chi connectivity index (χ0v) is 21.7. The normalized spacial score (nSPS) is 14.0. The van der Waals surface area contributed by atoms with E-state index in [-0.39, 0.29) is 12.6 Å². The molecule has 4 aromatic rings. The highest BCUT2D eigenvalue weighted by Crippen LogP contribution is 2.45. The number of aromatic nitrogens is 1. The van der Waals surface area contributed by atoms with Gasteiger partial charge in [0.05, 0.1) is 24.3 Å². The Labute approximate surface area is 212 Å². The van der Waals surface area contributed by atoms with Crippen molar-refractivity contribution in [3.05, 3.63) is 71.4 Å². The summed E-state index contributed by atoms with van der Waals surface area (Å²) in [5.41, 5.74) is 5.31. The fourth-order valence-corrected chi connectivity index (χ4v) is 5.08. The molecule has 5 nitrogen and oxygen atoms in total. The smallest absolute Gasteiger partial charge is 0.339 e. The van der Waals surface area contributed by atoms with Crippen LogP contribution >= 0.6 is 0 Å². The average Bonchev–Trinajstić information content (AvgIpc) is 2.88. The van der Waals surface area contributed by atoms with Crippen LogP contribution in [-0.2, 0) is 20.7 Å². The van der Waals surface area contributed by atoms with Crippen LogP contribution in [0.1, 0.15) is 56.9 Å². The second-order valence-corrected chi connectivity index (χ2v) is 9.97. The Morgan fingerprint density at radius 2 is 1.94 bits per heavy atom. The van der Waals surface area contributed by atoms with Crippen LogP contribution < -0.4 is 4.74 Å². The van der Waals surface area contributed by atoms with Gasteiger partial charge < -0.3 is 14.2 Å². The van der Waals surface area contributed by atoms with Gasteiger partial charge in [-0.25, -0.2) is 4.79 Å². The lowest BCUT2D eigenvalue weighted by Gasteiger charge is -2.31. The van der Waals surface area contributed by atoms with Crippen LogP contribution in [-0.4, -0.2) is 29.8 Å². The second-order valence-electron chi connectivity index (χ2n) is 9.97. The Hall–Kier alpha value is -3.44. The number of hydrogen-bond acceptors (Lipinski definition) is 5. The Morgan fingerprint density at radius 3 is 2.72 bits per heavy atom. The van der Waals surface area contributed by atoms with Gasteiger partial charge in [-0.1, -0.05) is 37.3 Å². The van der Waals surface area contributed by atoms with E-state index in [1.165, 1.54) is 5.56 Å². The molecule has 186 valence electrons. The van der Waals surface area contributed by atoms with Crippen molar-refractivity contribution in [1.29, 1.82) is 0 Å². The molecule has 0 amide bonds. The molecule has 36 heavy (non-hydrogen) atoms. The zero-order chi connectivity index (χ0) is 25.4. The molecule has 0 fully saturated rings. The van der Waals surface area contributed by atoms with Gasteiger partial charge in [-0.15, -0.1) is 0 Å². The minimum atomic E-state index is -0.874. The minimum absolute atomic E-state index is 0.285. The van der Waals surface area contributed by atoms with Crippen LogP contribution in [0.4, 0.5) is 0 Å². The van der Waals surface area contributed by atoms with Crippen molar-refractivity contribution in [2.24, 2.45) is 0 Å². The largest absolute Gasteiger partial charge is 0.493 e. The minimum Gasteiger partial charge on any atom is -0.493 e. The molecule has 1 aromatic heterocycles. The molecule has 0 spiro atoms. The quantitative estimate of drug-likeness (QED) is 0.262. The SMILES string of the molecule is CCOC(=O)C(OC(C)(C)CC)c1c(C)cc2ccccc2c1-c1ccc2c3c(ccnc13)CCO2. The number of benzene rings is 3. The molecule has 1 unspecified atom stereocenters. The summed E-state index contributed by atoms with van der Waals surface area (Å²) in [7, 11) is 0. The van der Waals surface area contributed by atoms with Crippen LogP contribution in [0.25, 0.3) is 32.8 Å². The molecular weight excluding hydrogens is 450 g/mol. The Morgan fingerprint density at radius 1 is 1.14 bits per heavy atom. The molecule has 2 heterocycles. The van der Waals surface area contributed by atoms with Gasteiger partial charge in [0.2, 0.25) is 0 Å². The van der Waals surface area contributed by atoms with Gasteiger partial charge in [-0.05, 0) is 79.8 Å². The van der Waals surface area contributed by atoms with Gasteiger partial charge in [0, 0.05) is 29.1 Å². The molecule has 1 aliphatic rings. The van der Waals surface area contributed by atoms with E-state index in [0.717, 1.165) is 62.5 Å². The van der Waals surface area contributed by atoms with E-state index in [1.54, 1.807) is 0 Å². The van der Waals surface area contributed by atoms with Crippen molar-refractivity contribution in [2.45, 2.75) is 59.2 Å². The van der Waals surface area contributed by atoms with Crippen molar-refractivity contribution in [3.8, 4) is 16.9 Å². The van der Waals surface area contributed by atoms with Gasteiger partial charge in [0.25, 0.3) is 0 Å². The molecule has 0 N–H and O–H groups in total. The van der Waals surface area contributed by atoms with Crippen molar-refractivity contribution < 1.29 is 19.0 Å². The van der Waals surface area contributed by atoms with Gasteiger partial charge >= 0.3 is 5.97 Å². The maximum absolute atomic E-state index is 13.5. The summed E-state index contributed by atoms with van der Waals surface area (Å²) in [5.74, 6) is 0.476. The van der Waals surface area contributed by atoms with Crippen molar-refractivity contribution in [3.63, 3.8) is 0 Å². The predicted octanol–water partition coefficient (Wildman–Crippen LogP) is 7.11. The number of hydrogen-bond donors (Lipinski definition) is 0. The van der Waals surface area contributed by atoms with Crippen molar-refractivity contribution in [1.82, 2.24) is 4.98 Å². The first kappa shape index (κ1) is 24.3. The summed E-state index contributed by atoms with van der Waals surface area (Å²) in [6, 6.07) is 16.6. The van der Waals surface area contributed by atoms with E-state index >= 15 is 0 Å². The number of fused-ring (bicyclic) bond motifs is 1. The van der Waals surface area contributed by atoms with Gasteiger partial charge in [-0.2, -0.15) is 0 Å². The molecule has 0 saturated carbocycles. The maximum atomic E-state index is 13.5. The number of pyridine rings is 1. The highest BCUT2D eigenvalue weighted by Gasteiger charge is 2.34. The summed E-state index contributed by atoms with van der Waals surface area (Å²) < 4.78 is 18.1. The van der Waals surface area contributed by atoms with E-state index in [4.69, 9.17) is 19.2 Å². The number of aryl methyl sites for hydroxylation is 1. The summed E-state index contributed by atoms with van der Waals surface area (Å²) in [6.45, 7) is 10.9. The van der Waals surface area contributed by atoms with Crippen LogP contribution in [0.15, 0.2) is 54.7 Å². The van der Waals surface area contributed by atoms with Gasteiger partial charge in [0.1, 0.15) is 5.75 Å². The molecule has 0 bridgehead atoms. The molecule has 0 radical (unpaired) electrons. The number of esters is 1. The second kappa shape index (κ2) is 9.55. The van der Waals surface area contributed by atoms with E-state index in [0.29, 0.717) is 6.61 Å². The molecule has 1 atom stereocenters. The van der Waals surface area contributed by atoms with Crippen LogP contribution in [0, 0.1) is 6.92 Å². The lowest BCUT2D eigenvalue weighted by molar-refractivity contribution is -0.168. The number of rotatable bonds is 7. The van der Waals surface area contributed by atoms with Gasteiger partial charge in [0.15, 0.2) is 6.10 Å². The monoisotopic (exact) mass is 483 g/mol. The van der Waals surface area contributed by atoms with E-state index < -0.39 is 11.7 Å². The van der Waals surface area contributed by atoms with Gasteiger partial charge in [-0.3, -0.25) is 4.98 Å². The standard InChI is InChI=1S/C31H33NO4/c1-6-31(4,5)36-29(30(33)34-7-2)25-19(3)18-21-10-8-9-11-22(21)27(25)23-12-13-24-26-20(15-17-35-24)14-16-32-28(23)26/h8-14,16,18,29H,6-7,15,17H2,1-5H3. The topological polar surface area (TPSA) is 57.7 Å². The first-order chi connectivity index (χ1) is 17.3. The van der Waals surface area contributed by atoms with Crippen LogP contribution in [0.2, 0.25) is 0 Å². The van der Waals surface area contributed by atoms with Crippen molar-refractivity contribution >= 4 is 27.6 Å². The summed E-state index contributed by atoms with van der Waals surface area (Å²) >= 11 is 0. The number of nitrogens with zero attached hydrogens (tertiary/aromatic N) is 1. The predicted molar refractivity (Wildman–Crippen MR) is 143 cm³/mol. The first-order valence-electron chi connectivity index (χ1n) is 12.7.